The Labute approximate surface area is 345 Å². The van der Waals surface area contributed by atoms with Crippen LogP contribution in [0.5, 0.6) is 0 Å². The Hall–Kier alpha value is -6.09. The van der Waals surface area contributed by atoms with Gasteiger partial charge in [0.1, 0.15) is 29.4 Å². The zero-order valence-electron chi connectivity index (χ0n) is 34.2. The van der Waals surface area contributed by atoms with E-state index in [-0.39, 0.29) is 30.2 Å². The van der Waals surface area contributed by atoms with Crippen LogP contribution < -0.4 is 10.6 Å². The van der Waals surface area contributed by atoms with Gasteiger partial charge in [-0.25, -0.2) is 19.6 Å². The lowest BCUT2D eigenvalue weighted by atomic mass is 9.97. The van der Waals surface area contributed by atoms with E-state index in [4.69, 9.17) is 14.2 Å². The number of aromatic amines is 2. The molecule has 4 heterocycles. The number of benzene rings is 2. The van der Waals surface area contributed by atoms with Crippen molar-refractivity contribution in [1.82, 2.24) is 40.4 Å². The largest absolute Gasteiger partial charge is 0.453 e. The number of fused-ring (bicyclic) bond motifs is 1. The number of H-pyrrole nitrogens is 2. The van der Waals surface area contributed by atoms with Crippen LogP contribution in [0.25, 0.3) is 22.0 Å². The maximum absolute atomic E-state index is 14.3. The Morgan fingerprint density at radius 2 is 1.45 bits per heavy atom. The smallest absolute Gasteiger partial charge is 0.436 e. The van der Waals surface area contributed by atoms with Gasteiger partial charge in [-0.1, -0.05) is 44.4 Å². The summed E-state index contributed by atoms with van der Waals surface area (Å²) in [5.41, 5.74) is 0.425. The highest BCUT2D eigenvalue weighted by atomic mass is 19.4. The SMILES string of the molecule is CC[C@H](C)[C@H](NC(=O)OC)C(=O)N1CCC[C@H]1c1nc(C(F)(F)F)c(C#Cc2ccc3cc(-c4cnc([C@@H]5CCCN5C(=O)[C@@H](NC(=O)OC)[C@@H](C)OC)[nH]4)ccc3c2)[nH]1. The van der Waals surface area contributed by atoms with Crippen molar-refractivity contribution in [2.45, 2.75) is 89.3 Å². The number of hydrogen-bond acceptors (Lipinski definition) is 9. The van der Waals surface area contributed by atoms with Gasteiger partial charge in [-0.05, 0) is 73.4 Å². The summed E-state index contributed by atoms with van der Waals surface area (Å²) in [7, 11) is 3.87. The third kappa shape index (κ3) is 9.36. The maximum Gasteiger partial charge on any atom is 0.436 e. The second-order valence-corrected chi connectivity index (χ2v) is 15.0. The lowest BCUT2D eigenvalue weighted by Gasteiger charge is -2.30. The van der Waals surface area contributed by atoms with Crippen molar-refractivity contribution in [3.63, 3.8) is 0 Å². The summed E-state index contributed by atoms with van der Waals surface area (Å²) < 4.78 is 57.7. The molecule has 0 aliphatic carbocycles. The van der Waals surface area contributed by atoms with Gasteiger partial charge in [-0.15, -0.1) is 0 Å². The highest BCUT2D eigenvalue weighted by molar-refractivity contribution is 5.89. The molecule has 2 saturated heterocycles. The molecule has 0 spiro atoms. The molecule has 0 unspecified atom stereocenters. The molecule has 2 aliphatic rings. The molecule has 320 valence electrons. The van der Waals surface area contributed by atoms with E-state index < -0.39 is 59.9 Å². The fraction of sp³-hybridized carbons (Fsp3) is 0.476. The molecule has 4 aromatic rings. The van der Waals surface area contributed by atoms with E-state index in [1.807, 2.05) is 31.2 Å². The first kappa shape index (κ1) is 43.5. The van der Waals surface area contributed by atoms with E-state index in [9.17, 15) is 32.3 Å². The molecule has 18 heteroatoms. The molecule has 2 fully saturated rings. The monoisotopic (exact) mass is 834 g/mol. The zero-order chi connectivity index (χ0) is 43.3. The third-order valence-electron chi connectivity index (χ3n) is 11.3. The first-order valence-electron chi connectivity index (χ1n) is 19.8. The van der Waals surface area contributed by atoms with Crippen LogP contribution in [0.15, 0.2) is 42.6 Å². The van der Waals surface area contributed by atoms with Crippen LogP contribution in [0, 0.1) is 17.8 Å². The number of nitrogens with one attached hydrogen (secondary N) is 4. The second-order valence-electron chi connectivity index (χ2n) is 15.0. The summed E-state index contributed by atoms with van der Waals surface area (Å²) >= 11 is 0. The minimum Gasteiger partial charge on any atom is -0.453 e. The number of rotatable bonds is 11. The molecular formula is C42H49F3N8O7. The Balaban J connectivity index is 1.20. The number of aromatic nitrogens is 4. The van der Waals surface area contributed by atoms with E-state index in [2.05, 4.69) is 42.4 Å². The van der Waals surface area contributed by atoms with Crippen LogP contribution in [0.1, 0.15) is 93.6 Å². The molecule has 4 N–H and O–H groups in total. The predicted molar refractivity (Wildman–Crippen MR) is 213 cm³/mol. The van der Waals surface area contributed by atoms with Crippen LogP contribution in [0.2, 0.25) is 0 Å². The molecule has 0 saturated carbocycles. The van der Waals surface area contributed by atoms with Crippen molar-refractivity contribution in [1.29, 1.82) is 0 Å². The van der Waals surface area contributed by atoms with Crippen molar-refractivity contribution >= 4 is 34.8 Å². The number of alkyl carbamates (subject to hydrolysis) is 2. The summed E-state index contributed by atoms with van der Waals surface area (Å²) in [5.74, 6) is 5.07. The van der Waals surface area contributed by atoms with Crippen molar-refractivity contribution in [3.05, 3.63) is 71.2 Å². The number of nitrogens with zero attached hydrogens (tertiary/aromatic N) is 4. The lowest BCUT2D eigenvalue weighted by molar-refractivity contribution is -0.141. The first-order chi connectivity index (χ1) is 28.7. The fourth-order valence-electron chi connectivity index (χ4n) is 7.68. The van der Waals surface area contributed by atoms with Gasteiger partial charge in [-0.3, -0.25) is 9.59 Å². The van der Waals surface area contributed by atoms with E-state index in [1.165, 1.54) is 26.2 Å². The van der Waals surface area contributed by atoms with Crippen molar-refractivity contribution in [3.8, 4) is 23.1 Å². The number of halogens is 3. The summed E-state index contributed by atoms with van der Waals surface area (Å²) in [6, 6.07) is 8.02. The average molecular weight is 835 g/mol. The standard InChI is InChI=1S/C42H49F3N8O7/c1-7-23(2)33(49-40(56)59-5)38(54)53-19-9-11-32(53)37-47-29(35(51-37)42(43,44)45)17-13-25-12-14-27-21-28(16-15-26(27)20-25)30-22-46-36(48-30)31-10-8-18-52(31)39(55)34(24(3)58-4)50-41(57)60-6/h12,14-16,20-24,31-34H,7-11,18-19H2,1-6H3,(H,46,48)(H,47,51)(H,49,56)(H,50,57)/t23-,24+,31-,32-,33-,34-/m0/s1. The van der Waals surface area contributed by atoms with Gasteiger partial charge in [0.15, 0.2) is 5.69 Å². The summed E-state index contributed by atoms with van der Waals surface area (Å²) in [6.45, 7) is 6.13. The minimum absolute atomic E-state index is 0.0286. The molecular weight excluding hydrogens is 786 g/mol. The number of ether oxygens (including phenoxy) is 3. The minimum atomic E-state index is -4.82. The quantitative estimate of drug-likeness (QED) is 0.127. The van der Waals surface area contributed by atoms with Crippen molar-refractivity contribution in [2.75, 3.05) is 34.4 Å². The normalized spacial score (nSPS) is 18.6. The summed E-state index contributed by atoms with van der Waals surface area (Å²) in [6.07, 6.45) is -2.34. The van der Waals surface area contributed by atoms with Crippen LogP contribution in [-0.2, 0) is 30.0 Å². The summed E-state index contributed by atoms with van der Waals surface area (Å²) in [4.78, 5) is 69.2. The molecule has 4 amide bonds. The number of carbonyl (C=O) groups is 4. The predicted octanol–water partition coefficient (Wildman–Crippen LogP) is 6.23. The Morgan fingerprint density at radius 3 is 2.07 bits per heavy atom. The maximum atomic E-state index is 14.3. The fourth-order valence-corrected chi connectivity index (χ4v) is 7.68. The van der Waals surface area contributed by atoms with Crippen molar-refractivity contribution < 1.29 is 46.6 Å². The second kappa shape index (κ2) is 18.4. The molecule has 2 aliphatic heterocycles. The third-order valence-corrected chi connectivity index (χ3v) is 11.3. The van der Waals surface area contributed by atoms with Gasteiger partial charge >= 0.3 is 18.4 Å². The molecule has 15 nitrogen and oxygen atoms in total. The Morgan fingerprint density at radius 1 is 0.850 bits per heavy atom. The van der Waals surface area contributed by atoms with E-state index in [1.54, 1.807) is 37.1 Å². The zero-order valence-corrected chi connectivity index (χ0v) is 34.2. The van der Waals surface area contributed by atoms with Crippen LogP contribution >= 0.6 is 0 Å². The van der Waals surface area contributed by atoms with E-state index in [0.29, 0.717) is 43.6 Å². The Kier molecular flexibility index (Phi) is 13.4. The Bertz CT molecular complexity index is 2280. The molecule has 2 aromatic carbocycles. The number of imidazole rings is 2. The van der Waals surface area contributed by atoms with E-state index >= 15 is 0 Å². The lowest BCUT2D eigenvalue weighted by Crippen LogP contribution is -2.54. The molecule has 2 aromatic heterocycles. The number of methoxy groups -OCH3 is 3. The molecule has 6 rings (SSSR count). The first-order valence-corrected chi connectivity index (χ1v) is 19.8. The number of alkyl halides is 3. The topological polar surface area (TPSA) is 184 Å². The van der Waals surface area contributed by atoms with E-state index in [0.717, 1.165) is 28.5 Å². The van der Waals surface area contributed by atoms with Gasteiger partial charge in [0.2, 0.25) is 11.8 Å². The number of hydrogen-bond donors (Lipinski definition) is 4. The highest BCUT2D eigenvalue weighted by Crippen LogP contribution is 2.37. The molecule has 6 atom stereocenters. The van der Waals surface area contributed by atoms with Gasteiger partial charge < -0.3 is 44.6 Å². The number of likely N-dealkylation sites (tertiary alicyclic amines) is 2. The molecule has 60 heavy (non-hydrogen) atoms. The average Bonchev–Trinajstić information content (AvgIpc) is 4.09. The van der Waals surface area contributed by atoms with Crippen LogP contribution in [0.4, 0.5) is 22.8 Å². The van der Waals surface area contributed by atoms with Gasteiger partial charge in [0.05, 0.1) is 44.3 Å². The van der Waals surface area contributed by atoms with Crippen LogP contribution in [-0.4, -0.2) is 106 Å². The molecule has 0 radical (unpaired) electrons. The number of amides is 4. The van der Waals surface area contributed by atoms with Gasteiger partial charge in [-0.2, -0.15) is 13.2 Å². The van der Waals surface area contributed by atoms with Crippen LogP contribution in [0.3, 0.4) is 0 Å². The highest BCUT2D eigenvalue weighted by Gasteiger charge is 2.42. The van der Waals surface area contributed by atoms with Crippen molar-refractivity contribution in [2.24, 2.45) is 5.92 Å². The number of carbonyl (C=O) groups excluding carboxylic acids is 4. The summed E-state index contributed by atoms with van der Waals surface area (Å²) in [5, 5.41) is 6.81. The van der Waals surface area contributed by atoms with Gasteiger partial charge in [0.25, 0.3) is 0 Å². The van der Waals surface area contributed by atoms with Gasteiger partial charge in [0, 0.05) is 31.3 Å². The molecule has 0 bridgehead atoms.